The average molecular weight is 370 g/mol. The van der Waals surface area contributed by atoms with E-state index in [1.54, 1.807) is 17.4 Å². The molecule has 0 aliphatic heterocycles. The van der Waals surface area contributed by atoms with Crippen LogP contribution in [0.15, 0.2) is 29.6 Å². The first-order chi connectivity index (χ1) is 11.1. The number of nitrogens with zero attached hydrogens (tertiary/aromatic N) is 1. The van der Waals surface area contributed by atoms with Crippen LogP contribution in [0.1, 0.15) is 39.2 Å². The Balaban J connectivity index is 2.23. The molecule has 0 aliphatic carbocycles. The number of carbonyl (C=O) groups is 1. The molecule has 132 valence electrons. The lowest BCUT2D eigenvalue weighted by Gasteiger charge is -2.26. The first-order valence-corrected chi connectivity index (χ1v) is 10.3. The molecule has 1 amide bonds. The molecule has 1 atom stereocenters. The minimum Gasteiger partial charge on any atom is -0.285 e. The van der Waals surface area contributed by atoms with Gasteiger partial charge >= 0.3 is 0 Å². The quantitative estimate of drug-likeness (QED) is 0.457. The van der Waals surface area contributed by atoms with Gasteiger partial charge in [0.25, 0.3) is 0 Å². The predicted octanol–water partition coefficient (Wildman–Crippen LogP) is 3.82. The molecule has 1 N–H and O–H groups in total. The largest absolute Gasteiger partial charge is 0.285 e. The fourth-order valence-corrected chi connectivity index (χ4v) is 5.00. The second-order valence-electron chi connectivity index (χ2n) is 7.14. The zero-order valence-electron chi connectivity index (χ0n) is 14.1. The van der Waals surface area contributed by atoms with Gasteiger partial charge < -0.3 is 0 Å². The number of hydrogen-bond donors (Lipinski definition) is 1. The molecule has 5 nitrogen and oxygen atoms in total. The Kier molecular flexibility index (Phi) is 5.67. The summed E-state index contributed by atoms with van der Waals surface area (Å²) in [6.45, 7) is 5.97. The van der Waals surface area contributed by atoms with Crippen LogP contribution in [0.25, 0.3) is 10.1 Å². The van der Waals surface area contributed by atoms with E-state index < -0.39 is 15.2 Å². The second-order valence-corrected chi connectivity index (χ2v) is 10.2. The van der Waals surface area contributed by atoms with Crippen LogP contribution in [0, 0.1) is 5.41 Å². The van der Waals surface area contributed by atoms with E-state index >= 15 is 0 Å². The van der Waals surface area contributed by atoms with Crippen molar-refractivity contribution >= 4 is 37.7 Å². The van der Waals surface area contributed by atoms with Crippen LogP contribution in [-0.4, -0.2) is 30.5 Å². The van der Waals surface area contributed by atoms with Crippen molar-refractivity contribution < 1.29 is 18.4 Å². The summed E-state index contributed by atoms with van der Waals surface area (Å²) < 4.78 is 26.6. The number of fused-ring (bicyclic) bond motifs is 1. The minimum absolute atomic E-state index is 0.0902. The Morgan fingerprint density at radius 2 is 2.00 bits per heavy atom. The molecule has 0 radical (unpaired) electrons. The molecule has 24 heavy (non-hydrogen) atoms. The van der Waals surface area contributed by atoms with Gasteiger partial charge in [-0.15, -0.1) is 11.3 Å². The summed E-state index contributed by atoms with van der Waals surface area (Å²) >= 11 is 1.60. The smallest absolute Gasteiger partial charge is 0.234 e. The fraction of sp³-hybridized carbons (Fsp3) is 0.471. The summed E-state index contributed by atoms with van der Waals surface area (Å²) in [5.41, 5.74) is 0.563. The van der Waals surface area contributed by atoms with Gasteiger partial charge in [0.05, 0.1) is 5.75 Å². The Morgan fingerprint density at radius 1 is 1.29 bits per heavy atom. The van der Waals surface area contributed by atoms with E-state index in [4.69, 9.17) is 0 Å². The van der Waals surface area contributed by atoms with Crippen LogP contribution in [-0.2, 0) is 20.4 Å². The number of thiophene rings is 1. The highest BCUT2D eigenvalue weighted by molar-refractivity contribution is 7.91. The van der Waals surface area contributed by atoms with Crippen LogP contribution >= 0.6 is 11.3 Å². The standard InChI is InChI=1S/C17H23NO4S2/c1-17(2,3)8-6-16(18(20)12-19)24(21,22)11-13-4-5-15-14(10-13)7-9-23-15/h4-5,7,9-10,12,16,20H,6,8,11H2,1-3H3. The molecule has 0 bridgehead atoms. The lowest BCUT2D eigenvalue weighted by atomic mass is 9.90. The molecule has 0 saturated carbocycles. The van der Waals surface area contributed by atoms with Crippen molar-refractivity contribution in [2.24, 2.45) is 5.41 Å². The third-order valence-corrected chi connectivity index (χ3v) is 6.76. The molecule has 1 aromatic carbocycles. The lowest BCUT2D eigenvalue weighted by molar-refractivity contribution is -0.153. The van der Waals surface area contributed by atoms with E-state index in [9.17, 15) is 18.4 Å². The third kappa shape index (κ3) is 4.78. The second kappa shape index (κ2) is 7.21. The predicted molar refractivity (Wildman–Crippen MR) is 96.6 cm³/mol. The molecule has 1 unspecified atom stereocenters. The van der Waals surface area contributed by atoms with Gasteiger partial charge in [0.2, 0.25) is 6.41 Å². The molecule has 2 aromatic rings. The van der Waals surface area contributed by atoms with Crippen molar-refractivity contribution in [2.45, 2.75) is 44.7 Å². The van der Waals surface area contributed by atoms with Gasteiger partial charge in [-0.2, -0.15) is 0 Å². The highest BCUT2D eigenvalue weighted by Crippen LogP contribution is 2.27. The van der Waals surface area contributed by atoms with Crippen molar-refractivity contribution in [1.82, 2.24) is 5.06 Å². The van der Waals surface area contributed by atoms with Gasteiger partial charge in [-0.25, -0.2) is 13.5 Å². The minimum atomic E-state index is -3.71. The van der Waals surface area contributed by atoms with Crippen LogP contribution in [0.2, 0.25) is 0 Å². The number of carbonyl (C=O) groups excluding carboxylic acids is 1. The van der Waals surface area contributed by atoms with E-state index in [0.29, 0.717) is 12.0 Å². The fourth-order valence-electron chi connectivity index (χ4n) is 2.54. The summed E-state index contributed by atoms with van der Waals surface area (Å²) in [5.74, 6) is -0.210. The molecule has 0 spiro atoms. The Morgan fingerprint density at radius 3 is 2.62 bits per heavy atom. The molecular weight excluding hydrogens is 346 g/mol. The normalized spacial score (nSPS) is 13.8. The maximum Gasteiger partial charge on any atom is 0.234 e. The molecule has 0 fully saturated rings. The van der Waals surface area contributed by atoms with Gasteiger partial charge in [-0.1, -0.05) is 26.8 Å². The number of amides is 1. The van der Waals surface area contributed by atoms with E-state index in [-0.39, 0.29) is 29.1 Å². The van der Waals surface area contributed by atoms with Gasteiger partial charge in [-0.3, -0.25) is 10.0 Å². The zero-order chi connectivity index (χ0) is 18.0. The third-order valence-electron chi connectivity index (χ3n) is 3.84. The Labute approximate surface area is 146 Å². The monoisotopic (exact) mass is 369 g/mol. The maximum absolute atomic E-state index is 12.7. The SMILES string of the molecule is CC(C)(C)CCC(N(O)C=O)S(=O)(=O)Cc1ccc2sccc2c1. The number of hydroxylamine groups is 2. The maximum atomic E-state index is 12.7. The molecule has 0 aliphatic rings. The lowest BCUT2D eigenvalue weighted by Crippen LogP contribution is -2.39. The van der Waals surface area contributed by atoms with Gasteiger partial charge in [-0.05, 0) is 52.8 Å². The van der Waals surface area contributed by atoms with Crippen molar-refractivity contribution in [3.63, 3.8) is 0 Å². The van der Waals surface area contributed by atoms with E-state index in [2.05, 4.69) is 0 Å². The first kappa shape index (κ1) is 18.9. The van der Waals surface area contributed by atoms with Crippen LogP contribution in [0.3, 0.4) is 0 Å². The molecule has 0 saturated heterocycles. The van der Waals surface area contributed by atoms with Crippen molar-refractivity contribution in [3.05, 3.63) is 35.2 Å². The van der Waals surface area contributed by atoms with E-state index in [0.717, 1.165) is 10.1 Å². The van der Waals surface area contributed by atoms with Crippen LogP contribution in [0.5, 0.6) is 0 Å². The highest BCUT2D eigenvalue weighted by atomic mass is 32.2. The Bertz CT molecular complexity index is 805. The summed E-state index contributed by atoms with van der Waals surface area (Å²) in [4.78, 5) is 10.9. The topological polar surface area (TPSA) is 74.7 Å². The van der Waals surface area contributed by atoms with Crippen molar-refractivity contribution in [2.75, 3.05) is 0 Å². The van der Waals surface area contributed by atoms with Crippen molar-refractivity contribution in [3.8, 4) is 0 Å². The molecule has 2 rings (SSSR count). The summed E-state index contributed by atoms with van der Waals surface area (Å²) in [7, 11) is -3.71. The van der Waals surface area contributed by atoms with Gasteiger partial charge in [0, 0.05) is 4.70 Å². The summed E-state index contributed by atoms with van der Waals surface area (Å²) in [5, 5.41) is 11.8. The number of sulfone groups is 1. The summed E-state index contributed by atoms with van der Waals surface area (Å²) in [6, 6.07) is 7.45. The van der Waals surface area contributed by atoms with Gasteiger partial charge in [0.15, 0.2) is 15.2 Å². The number of hydrogen-bond acceptors (Lipinski definition) is 5. The summed E-state index contributed by atoms with van der Waals surface area (Å²) in [6.07, 6.45) is 0.931. The van der Waals surface area contributed by atoms with E-state index in [1.807, 2.05) is 44.4 Å². The van der Waals surface area contributed by atoms with Gasteiger partial charge in [0.1, 0.15) is 0 Å². The Hall–Kier alpha value is -1.44. The van der Waals surface area contributed by atoms with E-state index in [1.165, 1.54) is 0 Å². The average Bonchev–Trinajstić information content (AvgIpc) is 2.92. The number of benzene rings is 1. The first-order valence-electron chi connectivity index (χ1n) is 7.73. The zero-order valence-corrected chi connectivity index (χ0v) is 15.7. The van der Waals surface area contributed by atoms with Crippen molar-refractivity contribution in [1.29, 1.82) is 0 Å². The molecular formula is C17H23NO4S2. The molecule has 7 heteroatoms. The van der Waals surface area contributed by atoms with Crippen LogP contribution < -0.4 is 0 Å². The molecule has 1 aromatic heterocycles. The molecule has 1 heterocycles. The highest BCUT2D eigenvalue weighted by Gasteiger charge is 2.32. The van der Waals surface area contributed by atoms with Crippen LogP contribution in [0.4, 0.5) is 0 Å². The number of rotatable bonds is 7.